The normalized spacial score (nSPS) is 19.9. The smallest absolute Gasteiger partial charge is 0.248 e. The fraction of sp³-hybridized carbons (Fsp3) is 0.294. The third-order valence-corrected chi connectivity index (χ3v) is 3.75. The van der Waals surface area contributed by atoms with Gasteiger partial charge < -0.3 is 5.73 Å². The number of carbonyl (C=O) groups excluding carboxylic acids is 1. The van der Waals surface area contributed by atoms with E-state index < -0.39 is 0 Å². The van der Waals surface area contributed by atoms with Crippen molar-refractivity contribution in [2.24, 2.45) is 22.6 Å². The first kappa shape index (κ1) is 12.9. The van der Waals surface area contributed by atoms with Gasteiger partial charge in [-0.25, -0.2) is 0 Å². The Morgan fingerprint density at radius 1 is 1.35 bits per heavy atom. The van der Waals surface area contributed by atoms with Crippen LogP contribution in [0.15, 0.2) is 47.0 Å². The second-order valence-electron chi connectivity index (χ2n) is 5.79. The minimum atomic E-state index is -0.366. The van der Waals surface area contributed by atoms with Gasteiger partial charge in [0.15, 0.2) is 0 Å². The van der Waals surface area contributed by atoms with Gasteiger partial charge in [-0.1, -0.05) is 38.1 Å². The number of nitrogens with two attached hydrogens (primary N) is 1. The zero-order chi connectivity index (χ0) is 14.3. The summed E-state index contributed by atoms with van der Waals surface area (Å²) in [5, 5.41) is 0. The Labute approximate surface area is 118 Å². The van der Waals surface area contributed by atoms with Gasteiger partial charge in [0.05, 0.1) is 11.4 Å². The molecule has 20 heavy (non-hydrogen) atoms. The van der Waals surface area contributed by atoms with Gasteiger partial charge >= 0.3 is 0 Å². The number of benzene rings is 1. The van der Waals surface area contributed by atoms with E-state index in [1.54, 1.807) is 0 Å². The van der Waals surface area contributed by atoms with Gasteiger partial charge in [-0.3, -0.25) is 9.79 Å². The van der Waals surface area contributed by atoms with Crippen molar-refractivity contribution in [1.82, 2.24) is 0 Å². The quantitative estimate of drug-likeness (QED) is 0.897. The highest BCUT2D eigenvalue weighted by Crippen LogP contribution is 2.41. The van der Waals surface area contributed by atoms with Crippen molar-refractivity contribution in [3.8, 4) is 0 Å². The van der Waals surface area contributed by atoms with Crippen LogP contribution in [0.4, 0.5) is 5.69 Å². The maximum atomic E-state index is 11.6. The van der Waals surface area contributed by atoms with E-state index in [0.717, 1.165) is 29.0 Å². The average molecular weight is 266 g/mol. The summed E-state index contributed by atoms with van der Waals surface area (Å²) in [5.41, 5.74) is 10.3. The number of aliphatic imine (C=N–C) groups is 1. The monoisotopic (exact) mass is 266 g/mol. The molecule has 1 unspecified atom stereocenters. The lowest BCUT2D eigenvalue weighted by molar-refractivity contribution is -0.114. The number of para-hydroxylation sites is 1. The first-order valence-electron chi connectivity index (χ1n) is 6.98. The number of fused-ring (bicyclic) bond motifs is 3. The molecule has 0 spiro atoms. The molecule has 1 aliphatic heterocycles. The van der Waals surface area contributed by atoms with Crippen molar-refractivity contribution in [3.63, 3.8) is 0 Å². The summed E-state index contributed by atoms with van der Waals surface area (Å²) >= 11 is 0. The molecule has 3 heteroatoms. The molecule has 0 saturated heterocycles. The van der Waals surface area contributed by atoms with Crippen molar-refractivity contribution < 1.29 is 4.79 Å². The molecule has 1 atom stereocenters. The maximum Gasteiger partial charge on any atom is 0.248 e. The van der Waals surface area contributed by atoms with Crippen LogP contribution in [0, 0.1) is 11.8 Å². The SMILES string of the molecule is CC(C)CC1C=C(C(N)=O)C=C2C1=Nc1ccccc12. The number of hydrogen-bond acceptors (Lipinski definition) is 2. The molecule has 1 aromatic carbocycles. The molecule has 0 aromatic heterocycles. The highest BCUT2D eigenvalue weighted by atomic mass is 16.1. The fourth-order valence-electron chi connectivity index (χ4n) is 2.90. The summed E-state index contributed by atoms with van der Waals surface area (Å²) in [6.07, 6.45) is 4.82. The summed E-state index contributed by atoms with van der Waals surface area (Å²) < 4.78 is 0. The molecule has 2 N–H and O–H groups in total. The Morgan fingerprint density at radius 2 is 2.10 bits per heavy atom. The largest absolute Gasteiger partial charge is 0.366 e. The Morgan fingerprint density at radius 3 is 2.80 bits per heavy atom. The summed E-state index contributed by atoms with van der Waals surface area (Å²) in [6.45, 7) is 4.36. The van der Waals surface area contributed by atoms with Gasteiger partial charge in [-0.05, 0) is 24.5 Å². The van der Waals surface area contributed by atoms with Crippen LogP contribution in [0.1, 0.15) is 25.8 Å². The lowest BCUT2D eigenvalue weighted by atomic mass is 9.82. The zero-order valence-corrected chi connectivity index (χ0v) is 11.8. The number of carbonyl (C=O) groups is 1. The molecule has 2 aliphatic rings. The molecule has 0 fully saturated rings. The van der Waals surface area contributed by atoms with Crippen LogP contribution in [0.25, 0.3) is 5.57 Å². The van der Waals surface area contributed by atoms with Crippen molar-refractivity contribution in [2.45, 2.75) is 20.3 Å². The minimum absolute atomic E-state index is 0.171. The lowest BCUT2D eigenvalue weighted by Gasteiger charge is -2.21. The van der Waals surface area contributed by atoms with Crippen LogP contribution in [-0.4, -0.2) is 11.6 Å². The van der Waals surface area contributed by atoms with E-state index in [2.05, 4.69) is 13.8 Å². The number of hydrogen-bond donors (Lipinski definition) is 1. The zero-order valence-electron chi connectivity index (χ0n) is 11.8. The summed E-state index contributed by atoms with van der Waals surface area (Å²) in [7, 11) is 0. The van der Waals surface area contributed by atoms with Gasteiger partial charge in [-0.2, -0.15) is 0 Å². The Kier molecular flexibility index (Phi) is 3.05. The maximum absolute atomic E-state index is 11.6. The number of nitrogens with zero attached hydrogens (tertiary/aromatic N) is 1. The van der Waals surface area contributed by atoms with Gasteiger partial charge in [-0.15, -0.1) is 0 Å². The molecule has 1 amide bonds. The van der Waals surface area contributed by atoms with Gasteiger partial charge in [0.1, 0.15) is 0 Å². The second kappa shape index (κ2) is 4.75. The van der Waals surface area contributed by atoms with Gasteiger partial charge in [0, 0.05) is 22.6 Å². The van der Waals surface area contributed by atoms with Crippen LogP contribution < -0.4 is 5.73 Å². The van der Waals surface area contributed by atoms with Crippen LogP contribution in [0.3, 0.4) is 0 Å². The number of allylic oxidation sites excluding steroid dienone is 2. The minimum Gasteiger partial charge on any atom is -0.366 e. The number of primary amides is 1. The Bertz CT molecular complexity index is 665. The molecule has 1 aromatic rings. The van der Waals surface area contributed by atoms with Crippen LogP contribution >= 0.6 is 0 Å². The lowest BCUT2D eigenvalue weighted by Crippen LogP contribution is -2.23. The first-order valence-corrected chi connectivity index (χ1v) is 6.98. The highest BCUT2D eigenvalue weighted by Gasteiger charge is 2.30. The Hall–Kier alpha value is -2.16. The predicted octanol–water partition coefficient (Wildman–Crippen LogP) is 3.24. The summed E-state index contributed by atoms with van der Waals surface area (Å²) in [5.74, 6) is 0.343. The Balaban J connectivity index is 2.09. The van der Waals surface area contributed by atoms with Crippen molar-refractivity contribution in [3.05, 3.63) is 47.6 Å². The number of rotatable bonds is 3. The molecule has 0 saturated carbocycles. The van der Waals surface area contributed by atoms with Crippen LogP contribution in [0.5, 0.6) is 0 Å². The first-order chi connectivity index (χ1) is 9.56. The molecule has 1 aliphatic carbocycles. The van der Waals surface area contributed by atoms with Crippen molar-refractivity contribution in [1.29, 1.82) is 0 Å². The summed E-state index contributed by atoms with van der Waals surface area (Å²) in [4.78, 5) is 16.3. The average Bonchev–Trinajstić information content (AvgIpc) is 2.77. The predicted molar refractivity (Wildman–Crippen MR) is 81.7 cm³/mol. The number of amides is 1. The standard InChI is InChI=1S/C17H18N2O/c1-10(2)7-11-8-12(17(18)20)9-14-13-5-3-4-6-15(13)19-16(11)14/h3-6,8-11H,7H2,1-2H3,(H2,18,20). The van der Waals surface area contributed by atoms with Gasteiger partial charge in [0.2, 0.25) is 5.91 Å². The molecule has 0 radical (unpaired) electrons. The molecular formula is C17H18N2O. The molecule has 3 nitrogen and oxygen atoms in total. The van der Waals surface area contributed by atoms with Crippen LogP contribution in [0.2, 0.25) is 0 Å². The second-order valence-corrected chi connectivity index (χ2v) is 5.79. The van der Waals surface area contributed by atoms with Crippen molar-refractivity contribution >= 4 is 22.9 Å². The van der Waals surface area contributed by atoms with E-state index in [0.29, 0.717) is 11.5 Å². The molecular weight excluding hydrogens is 248 g/mol. The molecule has 1 heterocycles. The topological polar surface area (TPSA) is 55.5 Å². The van der Waals surface area contributed by atoms with E-state index in [4.69, 9.17) is 10.7 Å². The van der Waals surface area contributed by atoms with E-state index in [1.807, 2.05) is 36.4 Å². The van der Waals surface area contributed by atoms with Crippen LogP contribution in [-0.2, 0) is 4.79 Å². The third-order valence-electron chi connectivity index (χ3n) is 3.75. The third kappa shape index (κ3) is 2.09. The highest BCUT2D eigenvalue weighted by molar-refractivity contribution is 6.32. The van der Waals surface area contributed by atoms with Crippen molar-refractivity contribution in [2.75, 3.05) is 0 Å². The van der Waals surface area contributed by atoms with E-state index in [-0.39, 0.29) is 11.8 Å². The van der Waals surface area contributed by atoms with Gasteiger partial charge in [0.25, 0.3) is 0 Å². The van der Waals surface area contributed by atoms with E-state index in [9.17, 15) is 4.79 Å². The fourth-order valence-corrected chi connectivity index (χ4v) is 2.90. The van der Waals surface area contributed by atoms with E-state index >= 15 is 0 Å². The summed E-state index contributed by atoms with van der Waals surface area (Å²) in [6, 6.07) is 8.05. The molecule has 0 bridgehead atoms. The molecule has 102 valence electrons. The molecule has 3 rings (SSSR count). The van der Waals surface area contributed by atoms with E-state index in [1.165, 1.54) is 0 Å².